The number of carbonyl (C=O) groups excluding carboxylic acids is 1. The maximum Gasteiger partial charge on any atom is 0.187 e. The average molecular weight is 386 g/mol. The summed E-state index contributed by atoms with van der Waals surface area (Å²) in [5.74, 6) is 1.82. The Morgan fingerprint density at radius 1 is 1.07 bits per heavy atom. The highest BCUT2D eigenvalue weighted by Crippen LogP contribution is 2.32. The first kappa shape index (κ1) is 17.8. The lowest BCUT2D eigenvalue weighted by atomic mass is 9.85. The van der Waals surface area contributed by atoms with E-state index in [0.717, 1.165) is 53.7 Å². The Balaban J connectivity index is 1.52. The van der Waals surface area contributed by atoms with Crippen LogP contribution < -0.4 is 4.74 Å². The van der Waals surface area contributed by atoms with Crippen molar-refractivity contribution in [3.05, 3.63) is 54.7 Å². The highest BCUT2D eigenvalue weighted by atomic mass is 16.5. The molecule has 3 aromatic heterocycles. The van der Waals surface area contributed by atoms with Crippen LogP contribution in [-0.2, 0) is 4.79 Å². The third kappa shape index (κ3) is 3.35. The van der Waals surface area contributed by atoms with Gasteiger partial charge in [-0.2, -0.15) is 0 Å². The zero-order valence-corrected chi connectivity index (χ0v) is 16.3. The van der Waals surface area contributed by atoms with Gasteiger partial charge < -0.3 is 4.74 Å². The van der Waals surface area contributed by atoms with Gasteiger partial charge in [-0.3, -0.25) is 9.20 Å². The lowest BCUT2D eigenvalue weighted by Crippen LogP contribution is -2.28. The molecule has 1 unspecified atom stereocenters. The molecule has 1 aromatic carbocycles. The number of benzene rings is 1. The zero-order chi connectivity index (χ0) is 19.8. The SMILES string of the molecule is CC(=O)[C@H]1CCCC(Oc2cccc3ccc(-c4nnc5ccccn45)nc23)C1. The number of para-hydroxylation sites is 1. The van der Waals surface area contributed by atoms with Gasteiger partial charge in [0.05, 0.1) is 6.10 Å². The van der Waals surface area contributed by atoms with Gasteiger partial charge in [-0.1, -0.05) is 24.3 Å². The predicted octanol–water partition coefficient (Wildman–Crippen LogP) is 4.47. The van der Waals surface area contributed by atoms with Crippen LogP contribution >= 0.6 is 0 Å². The summed E-state index contributed by atoms with van der Waals surface area (Å²) in [6.07, 6.45) is 5.71. The van der Waals surface area contributed by atoms with E-state index in [1.807, 2.05) is 59.1 Å². The van der Waals surface area contributed by atoms with Crippen molar-refractivity contribution < 1.29 is 9.53 Å². The Bertz CT molecular complexity index is 1200. The molecule has 1 saturated carbocycles. The van der Waals surface area contributed by atoms with Gasteiger partial charge in [-0.25, -0.2) is 4.98 Å². The molecule has 6 heteroatoms. The second-order valence-corrected chi connectivity index (χ2v) is 7.69. The summed E-state index contributed by atoms with van der Waals surface area (Å²) < 4.78 is 8.28. The Labute approximate surface area is 168 Å². The smallest absolute Gasteiger partial charge is 0.187 e. The summed E-state index contributed by atoms with van der Waals surface area (Å²) in [5, 5.41) is 9.56. The summed E-state index contributed by atoms with van der Waals surface area (Å²) in [5.41, 5.74) is 2.34. The van der Waals surface area contributed by atoms with Crippen LogP contribution in [-0.4, -0.2) is 31.5 Å². The lowest BCUT2D eigenvalue weighted by molar-refractivity contribution is -0.122. The van der Waals surface area contributed by atoms with E-state index < -0.39 is 0 Å². The molecule has 29 heavy (non-hydrogen) atoms. The quantitative estimate of drug-likeness (QED) is 0.517. The van der Waals surface area contributed by atoms with Gasteiger partial charge in [0.15, 0.2) is 11.5 Å². The molecule has 2 atom stereocenters. The summed E-state index contributed by atoms with van der Waals surface area (Å²) in [4.78, 5) is 16.7. The van der Waals surface area contributed by atoms with Crippen molar-refractivity contribution in [1.29, 1.82) is 0 Å². The van der Waals surface area contributed by atoms with E-state index in [1.165, 1.54) is 0 Å². The molecular formula is C23H22N4O2. The van der Waals surface area contributed by atoms with E-state index >= 15 is 0 Å². The van der Waals surface area contributed by atoms with Crippen molar-refractivity contribution in [3.63, 3.8) is 0 Å². The van der Waals surface area contributed by atoms with Gasteiger partial charge in [-0.15, -0.1) is 10.2 Å². The number of ketones is 1. The molecule has 0 radical (unpaired) electrons. The first-order chi connectivity index (χ1) is 14.2. The van der Waals surface area contributed by atoms with Gasteiger partial charge in [0.2, 0.25) is 0 Å². The van der Waals surface area contributed by atoms with Crippen LogP contribution in [0.1, 0.15) is 32.6 Å². The molecule has 1 aliphatic rings. The molecule has 1 aliphatic carbocycles. The minimum Gasteiger partial charge on any atom is -0.488 e. The topological polar surface area (TPSA) is 69.4 Å². The number of hydrogen-bond donors (Lipinski definition) is 0. The van der Waals surface area contributed by atoms with Crippen LogP contribution in [0.5, 0.6) is 5.75 Å². The summed E-state index contributed by atoms with van der Waals surface area (Å²) >= 11 is 0. The minimum absolute atomic E-state index is 0.0441. The Morgan fingerprint density at radius 3 is 2.90 bits per heavy atom. The van der Waals surface area contributed by atoms with Crippen molar-refractivity contribution in [3.8, 4) is 17.3 Å². The van der Waals surface area contributed by atoms with E-state index in [1.54, 1.807) is 6.92 Å². The number of carbonyl (C=O) groups is 1. The molecular weight excluding hydrogens is 364 g/mol. The van der Waals surface area contributed by atoms with E-state index in [4.69, 9.17) is 9.72 Å². The second-order valence-electron chi connectivity index (χ2n) is 7.69. The number of pyridine rings is 2. The number of nitrogens with zero attached hydrogens (tertiary/aromatic N) is 4. The molecule has 0 spiro atoms. The van der Waals surface area contributed by atoms with E-state index in [2.05, 4.69) is 10.2 Å². The molecule has 0 aliphatic heterocycles. The van der Waals surface area contributed by atoms with Gasteiger partial charge >= 0.3 is 0 Å². The van der Waals surface area contributed by atoms with E-state index in [0.29, 0.717) is 5.82 Å². The van der Waals surface area contributed by atoms with Crippen molar-refractivity contribution >= 4 is 22.3 Å². The number of fused-ring (bicyclic) bond motifs is 2. The molecule has 0 bridgehead atoms. The van der Waals surface area contributed by atoms with Crippen LogP contribution in [0.4, 0.5) is 0 Å². The third-order valence-corrected chi connectivity index (χ3v) is 5.72. The summed E-state index contributed by atoms with van der Waals surface area (Å²) in [6.45, 7) is 1.68. The maximum atomic E-state index is 11.8. The Hall–Kier alpha value is -3.28. The van der Waals surface area contributed by atoms with E-state index in [9.17, 15) is 4.79 Å². The monoisotopic (exact) mass is 386 g/mol. The highest BCUT2D eigenvalue weighted by Gasteiger charge is 2.26. The highest BCUT2D eigenvalue weighted by molar-refractivity contribution is 5.86. The van der Waals surface area contributed by atoms with Crippen molar-refractivity contribution in [2.45, 2.75) is 38.7 Å². The third-order valence-electron chi connectivity index (χ3n) is 5.72. The molecule has 0 saturated heterocycles. The molecule has 3 heterocycles. The lowest BCUT2D eigenvalue weighted by Gasteiger charge is -2.28. The van der Waals surface area contributed by atoms with Gasteiger partial charge in [-0.05, 0) is 56.9 Å². The average Bonchev–Trinajstić information content (AvgIpc) is 3.18. The molecule has 0 N–H and O–H groups in total. The van der Waals surface area contributed by atoms with Crippen molar-refractivity contribution in [2.24, 2.45) is 5.92 Å². The van der Waals surface area contributed by atoms with Crippen LogP contribution in [0, 0.1) is 5.92 Å². The number of aromatic nitrogens is 4. The minimum atomic E-state index is 0.0441. The zero-order valence-electron chi connectivity index (χ0n) is 16.3. The molecule has 0 amide bonds. The van der Waals surface area contributed by atoms with E-state index in [-0.39, 0.29) is 17.8 Å². The first-order valence-electron chi connectivity index (χ1n) is 10.1. The predicted molar refractivity (Wildman–Crippen MR) is 111 cm³/mol. The number of hydrogen-bond acceptors (Lipinski definition) is 5. The largest absolute Gasteiger partial charge is 0.488 e. The van der Waals surface area contributed by atoms with Gasteiger partial charge in [0.1, 0.15) is 22.7 Å². The molecule has 146 valence electrons. The molecule has 6 nitrogen and oxygen atoms in total. The van der Waals surface area contributed by atoms with Crippen LogP contribution in [0.25, 0.3) is 28.1 Å². The normalized spacial score (nSPS) is 19.5. The van der Waals surface area contributed by atoms with Crippen LogP contribution in [0.15, 0.2) is 54.7 Å². The van der Waals surface area contributed by atoms with Crippen LogP contribution in [0.3, 0.4) is 0 Å². The standard InChI is InChI=1S/C23H22N4O2/c1-15(28)17-7-4-8-18(14-17)29-20-9-5-6-16-11-12-19(24-22(16)20)23-26-25-21-10-2-3-13-27(21)23/h2-3,5-6,9-13,17-18H,4,7-8,14H2,1H3/t17-,18?/m0/s1. The Morgan fingerprint density at radius 2 is 2.00 bits per heavy atom. The Kier molecular flexibility index (Phi) is 4.46. The summed E-state index contributed by atoms with van der Waals surface area (Å²) in [6, 6.07) is 15.8. The molecule has 1 fully saturated rings. The first-order valence-corrected chi connectivity index (χ1v) is 10.1. The molecule has 4 aromatic rings. The fourth-order valence-electron chi connectivity index (χ4n) is 4.16. The fourth-order valence-corrected chi connectivity index (χ4v) is 4.16. The second kappa shape index (κ2) is 7.28. The maximum absolute atomic E-state index is 11.8. The molecule has 5 rings (SSSR count). The van der Waals surface area contributed by atoms with Gasteiger partial charge in [0, 0.05) is 17.5 Å². The number of rotatable bonds is 4. The van der Waals surface area contributed by atoms with Crippen molar-refractivity contribution in [1.82, 2.24) is 19.6 Å². The fraction of sp³-hybridized carbons (Fsp3) is 0.304. The summed E-state index contributed by atoms with van der Waals surface area (Å²) in [7, 11) is 0. The number of ether oxygens (including phenoxy) is 1. The van der Waals surface area contributed by atoms with Crippen LogP contribution in [0.2, 0.25) is 0 Å². The van der Waals surface area contributed by atoms with Crippen molar-refractivity contribution in [2.75, 3.05) is 0 Å². The number of Topliss-reactive ketones (excluding diaryl/α,β-unsaturated/α-hetero) is 1. The van der Waals surface area contributed by atoms with Gasteiger partial charge in [0.25, 0.3) is 0 Å².